The van der Waals surface area contributed by atoms with E-state index < -0.39 is 0 Å². The van der Waals surface area contributed by atoms with Gasteiger partial charge >= 0.3 is 0 Å². The van der Waals surface area contributed by atoms with Crippen LogP contribution in [-0.2, 0) is 11.3 Å². The average molecular weight is 544 g/mol. The molecule has 1 atom stereocenters. The van der Waals surface area contributed by atoms with E-state index in [4.69, 9.17) is 4.74 Å². The van der Waals surface area contributed by atoms with E-state index in [9.17, 15) is 0 Å². The highest BCUT2D eigenvalue weighted by atomic mass is 127. The molecule has 1 unspecified atom stereocenters. The highest BCUT2D eigenvalue weighted by Gasteiger charge is 2.34. The van der Waals surface area contributed by atoms with Crippen LogP contribution in [0.15, 0.2) is 35.3 Å². The zero-order valence-electron chi connectivity index (χ0n) is 18.3. The van der Waals surface area contributed by atoms with Gasteiger partial charge in [-0.15, -0.1) is 35.3 Å². The summed E-state index contributed by atoms with van der Waals surface area (Å²) in [6.45, 7) is 9.42. The molecule has 0 spiro atoms. The van der Waals surface area contributed by atoms with Gasteiger partial charge in [-0.3, -0.25) is 4.99 Å². The molecule has 1 aliphatic heterocycles. The molecule has 0 amide bonds. The van der Waals surface area contributed by atoms with Gasteiger partial charge in [-0.05, 0) is 39.2 Å². The molecule has 0 aliphatic carbocycles. The molecule has 6 nitrogen and oxygen atoms in total. The zero-order valence-corrected chi connectivity index (χ0v) is 21.5. The van der Waals surface area contributed by atoms with Crippen molar-refractivity contribution >= 4 is 41.3 Å². The first-order valence-corrected chi connectivity index (χ1v) is 11.1. The number of nitrogens with zero attached hydrogens (tertiary/aromatic N) is 2. The Morgan fingerprint density at radius 3 is 2.50 bits per heavy atom. The summed E-state index contributed by atoms with van der Waals surface area (Å²) in [5, 5.41) is 11.9. The maximum Gasteiger partial charge on any atom is 0.191 e. The number of aliphatic imine (C=N–C) groups is 1. The third kappa shape index (κ3) is 6.90. The summed E-state index contributed by atoms with van der Waals surface area (Å²) in [6.07, 6.45) is 1.94. The van der Waals surface area contributed by atoms with E-state index in [1.807, 2.05) is 7.05 Å². The molecule has 1 aliphatic rings. The van der Waals surface area contributed by atoms with Crippen LogP contribution in [0, 0.1) is 13.8 Å². The minimum Gasteiger partial charge on any atom is -0.381 e. The van der Waals surface area contributed by atoms with E-state index in [0.29, 0.717) is 6.54 Å². The predicted molar refractivity (Wildman–Crippen MR) is 136 cm³/mol. The second-order valence-electron chi connectivity index (χ2n) is 7.70. The molecule has 8 heteroatoms. The van der Waals surface area contributed by atoms with E-state index >= 15 is 0 Å². The Bertz CT molecular complexity index is 786. The quantitative estimate of drug-likeness (QED) is 0.281. The summed E-state index contributed by atoms with van der Waals surface area (Å²) in [5.74, 6) is 0.801. The number of halogens is 1. The fraction of sp³-hybridized carbons (Fsp3) is 0.545. The van der Waals surface area contributed by atoms with E-state index in [0.717, 1.165) is 49.3 Å². The van der Waals surface area contributed by atoms with Crippen LogP contribution in [0.25, 0.3) is 0 Å². The molecule has 1 fully saturated rings. The lowest BCUT2D eigenvalue weighted by Crippen LogP contribution is -2.58. The van der Waals surface area contributed by atoms with E-state index in [-0.39, 0.29) is 35.6 Å². The van der Waals surface area contributed by atoms with Gasteiger partial charge < -0.3 is 20.7 Å². The van der Waals surface area contributed by atoms with Crippen molar-refractivity contribution < 1.29 is 4.74 Å². The van der Waals surface area contributed by atoms with Crippen LogP contribution in [0.5, 0.6) is 0 Å². The summed E-state index contributed by atoms with van der Waals surface area (Å²) in [4.78, 5) is 10.3. The number of ether oxygens (including phenoxy) is 1. The largest absolute Gasteiger partial charge is 0.381 e. The highest BCUT2D eigenvalue weighted by Crippen LogP contribution is 2.25. The molecule has 3 N–H and O–H groups in total. The van der Waals surface area contributed by atoms with Crippen molar-refractivity contribution in [2.45, 2.75) is 51.7 Å². The van der Waals surface area contributed by atoms with Gasteiger partial charge in [-0.1, -0.05) is 30.3 Å². The number of thiazole rings is 1. The Morgan fingerprint density at radius 1 is 1.20 bits per heavy atom. The van der Waals surface area contributed by atoms with Crippen LogP contribution < -0.4 is 16.0 Å². The molecule has 0 saturated carbocycles. The second kappa shape index (κ2) is 12.0. The Balaban J connectivity index is 0.00000320. The fourth-order valence-electron chi connectivity index (χ4n) is 3.67. The third-order valence-corrected chi connectivity index (χ3v) is 6.64. The molecular weight excluding hydrogens is 509 g/mol. The second-order valence-corrected chi connectivity index (χ2v) is 8.99. The van der Waals surface area contributed by atoms with E-state index in [1.165, 1.54) is 10.4 Å². The Morgan fingerprint density at radius 2 is 1.90 bits per heavy atom. The lowest BCUT2D eigenvalue weighted by Gasteiger charge is -2.41. The zero-order chi connectivity index (χ0) is 20.7. The van der Waals surface area contributed by atoms with Crippen LogP contribution >= 0.6 is 35.3 Å². The standard InChI is InChI=1S/C22H33N5OS.HI/c1-16-18(3)29-20(26-16)14-24-21(23-4)25-15-22(10-12-28-13-11-22)27-17(2)19-8-6-5-7-9-19;/h5-9,17,27H,10-15H2,1-4H3,(H2,23,24,25);1H. The maximum atomic E-state index is 5.64. The molecule has 2 heterocycles. The van der Waals surface area contributed by atoms with Crippen molar-refractivity contribution in [3.63, 3.8) is 0 Å². The van der Waals surface area contributed by atoms with Crippen LogP contribution in [0.1, 0.15) is 46.9 Å². The topological polar surface area (TPSA) is 70.6 Å². The van der Waals surface area contributed by atoms with Gasteiger partial charge in [0.15, 0.2) is 5.96 Å². The number of hydrogen-bond donors (Lipinski definition) is 3. The number of hydrogen-bond acceptors (Lipinski definition) is 5. The summed E-state index contributed by atoms with van der Waals surface area (Å²) in [6, 6.07) is 10.9. The average Bonchev–Trinajstić information content (AvgIpc) is 3.07. The van der Waals surface area contributed by atoms with Crippen molar-refractivity contribution in [2.24, 2.45) is 4.99 Å². The third-order valence-electron chi connectivity index (χ3n) is 5.57. The molecular formula is C22H34IN5OS. The molecule has 1 aromatic heterocycles. The van der Waals surface area contributed by atoms with Crippen LogP contribution in [0.2, 0.25) is 0 Å². The van der Waals surface area contributed by atoms with Gasteiger partial charge in [0.2, 0.25) is 0 Å². The van der Waals surface area contributed by atoms with Crippen molar-refractivity contribution in [1.82, 2.24) is 20.9 Å². The lowest BCUT2D eigenvalue weighted by molar-refractivity contribution is 0.0355. The monoisotopic (exact) mass is 543 g/mol. The number of aryl methyl sites for hydroxylation is 2. The molecule has 1 saturated heterocycles. The predicted octanol–water partition coefficient (Wildman–Crippen LogP) is 3.94. The first kappa shape index (κ1) is 25.0. The number of benzene rings is 1. The molecule has 30 heavy (non-hydrogen) atoms. The molecule has 0 radical (unpaired) electrons. The van der Waals surface area contributed by atoms with E-state index in [2.05, 4.69) is 77.0 Å². The minimum absolute atomic E-state index is 0. The van der Waals surface area contributed by atoms with Crippen molar-refractivity contribution in [3.8, 4) is 0 Å². The van der Waals surface area contributed by atoms with Crippen molar-refractivity contribution in [2.75, 3.05) is 26.8 Å². The van der Waals surface area contributed by atoms with Gasteiger partial charge in [-0.25, -0.2) is 4.98 Å². The Hall–Kier alpha value is -1.23. The van der Waals surface area contributed by atoms with Crippen molar-refractivity contribution in [3.05, 3.63) is 51.5 Å². The van der Waals surface area contributed by atoms with Gasteiger partial charge in [0, 0.05) is 43.3 Å². The SMILES string of the molecule is CN=C(NCc1nc(C)c(C)s1)NCC1(NC(C)c2ccccc2)CCOCC1.I. The number of rotatable bonds is 7. The summed E-state index contributed by atoms with van der Waals surface area (Å²) in [5.41, 5.74) is 2.38. The number of guanidine groups is 1. The van der Waals surface area contributed by atoms with E-state index in [1.54, 1.807) is 11.3 Å². The molecule has 166 valence electrons. The molecule has 3 rings (SSSR count). The number of aromatic nitrogens is 1. The van der Waals surface area contributed by atoms with Crippen LogP contribution in [-0.4, -0.2) is 43.3 Å². The number of nitrogens with one attached hydrogen (secondary N) is 3. The van der Waals surface area contributed by atoms with Gasteiger partial charge in [-0.2, -0.15) is 0 Å². The fourth-order valence-corrected chi connectivity index (χ4v) is 4.54. The first-order valence-electron chi connectivity index (χ1n) is 10.3. The van der Waals surface area contributed by atoms with Gasteiger partial charge in [0.25, 0.3) is 0 Å². The Kier molecular flexibility index (Phi) is 9.99. The smallest absolute Gasteiger partial charge is 0.191 e. The van der Waals surface area contributed by atoms with Crippen LogP contribution in [0.4, 0.5) is 0 Å². The normalized spacial score (nSPS) is 17.1. The summed E-state index contributed by atoms with van der Waals surface area (Å²) >= 11 is 1.73. The summed E-state index contributed by atoms with van der Waals surface area (Å²) < 4.78 is 5.64. The van der Waals surface area contributed by atoms with Gasteiger partial charge in [0.1, 0.15) is 5.01 Å². The Labute approximate surface area is 201 Å². The lowest BCUT2D eigenvalue weighted by atomic mass is 9.88. The molecule has 0 bridgehead atoms. The highest BCUT2D eigenvalue weighted by molar-refractivity contribution is 14.0. The van der Waals surface area contributed by atoms with Crippen molar-refractivity contribution in [1.29, 1.82) is 0 Å². The van der Waals surface area contributed by atoms with Gasteiger partial charge in [0.05, 0.1) is 12.2 Å². The molecule has 2 aromatic rings. The maximum absolute atomic E-state index is 5.64. The minimum atomic E-state index is -0.0283. The van der Waals surface area contributed by atoms with Crippen LogP contribution in [0.3, 0.4) is 0 Å². The summed E-state index contributed by atoms with van der Waals surface area (Å²) in [7, 11) is 1.81. The molecule has 1 aromatic carbocycles. The first-order chi connectivity index (χ1) is 14.0.